The molecule has 36 heavy (non-hydrogen) atoms. The van der Waals surface area contributed by atoms with Gasteiger partial charge >= 0.3 is 6.61 Å². The monoisotopic (exact) mass is 497 g/mol. The molecule has 4 rings (SSSR count). The Hall–Kier alpha value is -4.28. The zero-order valence-electron chi connectivity index (χ0n) is 19.7. The molecule has 9 nitrogen and oxygen atoms in total. The van der Waals surface area contributed by atoms with E-state index in [2.05, 4.69) is 25.1 Å². The molecule has 0 radical (unpaired) electrons. The summed E-state index contributed by atoms with van der Waals surface area (Å²) >= 11 is 0. The van der Waals surface area contributed by atoms with E-state index in [0.717, 1.165) is 5.56 Å². The van der Waals surface area contributed by atoms with Crippen molar-refractivity contribution in [1.82, 2.24) is 15.0 Å². The van der Waals surface area contributed by atoms with E-state index in [1.54, 1.807) is 36.4 Å². The molecule has 0 aliphatic carbocycles. The number of H-pyrrole nitrogens is 1. The molecule has 2 N–H and O–H groups in total. The molecule has 2 heterocycles. The van der Waals surface area contributed by atoms with Gasteiger partial charge in [-0.2, -0.15) is 13.9 Å². The van der Waals surface area contributed by atoms with Crippen LogP contribution < -0.4 is 14.8 Å². The third-order valence-electron chi connectivity index (χ3n) is 5.77. The highest BCUT2D eigenvalue weighted by Gasteiger charge is 2.30. The fourth-order valence-corrected chi connectivity index (χ4v) is 3.91. The zero-order valence-corrected chi connectivity index (χ0v) is 19.7. The van der Waals surface area contributed by atoms with Crippen LogP contribution in [0.15, 0.2) is 60.1 Å². The van der Waals surface area contributed by atoms with Crippen molar-refractivity contribution in [3.05, 3.63) is 71.8 Å². The number of aromatic amines is 1. The molecule has 0 bridgehead atoms. The second-order valence-corrected chi connectivity index (χ2v) is 8.10. The second kappa shape index (κ2) is 11.0. The SMILES string of the molecule is CCC1CC(=O)N(Cc2ccc(NC(=O)c3c[nH]cn3)cc2)N=C1c1ccc(OC)c(OC(F)F)c1. The fourth-order valence-electron chi connectivity index (χ4n) is 3.91. The molecular formula is C25H25F2N5O4. The maximum atomic E-state index is 12.9. The molecule has 3 aromatic rings. The first-order chi connectivity index (χ1) is 17.4. The van der Waals surface area contributed by atoms with Crippen molar-refractivity contribution in [2.45, 2.75) is 32.9 Å². The Labute approximate surface area is 206 Å². The number of alkyl halides is 2. The predicted octanol–water partition coefficient (Wildman–Crippen LogP) is 4.43. The van der Waals surface area contributed by atoms with Crippen molar-refractivity contribution < 1.29 is 27.8 Å². The van der Waals surface area contributed by atoms with Gasteiger partial charge < -0.3 is 19.8 Å². The van der Waals surface area contributed by atoms with E-state index >= 15 is 0 Å². The molecule has 2 amide bonds. The number of methoxy groups -OCH3 is 1. The van der Waals surface area contributed by atoms with Gasteiger partial charge in [0.25, 0.3) is 5.91 Å². The van der Waals surface area contributed by atoms with Crippen molar-refractivity contribution in [2.75, 3.05) is 12.4 Å². The molecular weight excluding hydrogens is 472 g/mol. The van der Waals surface area contributed by atoms with Crippen LogP contribution in [0.3, 0.4) is 0 Å². The predicted molar refractivity (Wildman–Crippen MR) is 128 cm³/mol. The lowest BCUT2D eigenvalue weighted by molar-refractivity contribution is -0.133. The van der Waals surface area contributed by atoms with Crippen molar-refractivity contribution >= 4 is 23.2 Å². The number of benzene rings is 2. The van der Waals surface area contributed by atoms with Crippen LogP contribution in [-0.2, 0) is 11.3 Å². The van der Waals surface area contributed by atoms with Gasteiger partial charge in [0.15, 0.2) is 11.5 Å². The number of aromatic nitrogens is 2. The van der Waals surface area contributed by atoms with Crippen LogP contribution in [-0.4, -0.2) is 46.2 Å². The number of amides is 2. The van der Waals surface area contributed by atoms with Crippen LogP contribution in [0.4, 0.5) is 14.5 Å². The minimum atomic E-state index is -3.01. The number of ether oxygens (including phenoxy) is 2. The summed E-state index contributed by atoms with van der Waals surface area (Å²) in [6.45, 7) is -0.850. The van der Waals surface area contributed by atoms with Gasteiger partial charge in [-0.25, -0.2) is 9.99 Å². The number of nitrogens with one attached hydrogen (secondary N) is 2. The number of halogens is 2. The minimum absolute atomic E-state index is 0.0986. The molecule has 0 spiro atoms. The number of rotatable bonds is 9. The smallest absolute Gasteiger partial charge is 0.387 e. The highest BCUT2D eigenvalue weighted by atomic mass is 19.3. The van der Waals surface area contributed by atoms with Crippen LogP contribution in [0.2, 0.25) is 0 Å². The van der Waals surface area contributed by atoms with Crippen LogP contribution in [0, 0.1) is 5.92 Å². The van der Waals surface area contributed by atoms with E-state index in [1.807, 2.05) is 6.92 Å². The van der Waals surface area contributed by atoms with Crippen molar-refractivity contribution in [3.8, 4) is 11.5 Å². The Kier molecular flexibility index (Phi) is 7.57. The summed E-state index contributed by atoms with van der Waals surface area (Å²) in [6, 6.07) is 11.7. The lowest BCUT2D eigenvalue weighted by atomic mass is 9.89. The molecule has 0 fully saturated rings. The van der Waals surface area contributed by atoms with Gasteiger partial charge in [0.05, 0.1) is 25.7 Å². The molecule has 0 saturated carbocycles. The summed E-state index contributed by atoms with van der Waals surface area (Å²) in [6.07, 6.45) is 3.81. The van der Waals surface area contributed by atoms with Crippen LogP contribution in [0.25, 0.3) is 0 Å². The first-order valence-corrected chi connectivity index (χ1v) is 11.3. The molecule has 188 valence electrons. The number of hydrazone groups is 1. The van der Waals surface area contributed by atoms with Crippen molar-refractivity contribution in [1.29, 1.82) is 0 Å². The first kappa shape index (κ1) is 24.8. The van der Waals surface area contributed by atoms with Crippen LogP contribution in [0.1, 0.15) is 41.4 Å². The Morgan fingerprint density at radius 3 is 2.64 bits per heavy atom. The second-order valence-electron chi connectivity index (χ2n) is 8.10. The summed E-state index contributed by atoms with van der Waals surface area (Å²) in [7, 11) is 1.37. The third-order valence-corrected chi connectivity index (χ3v) is 5.77. The Bertz CT molecular complexity index is 1250. The largest absolute Gasteiger partial charge is 0.493 e. The Morgan fingerprint density at radius 2 is 2.00 bits per heavy atom. The normalized spacial score (nSPS) is 15.6. The molecule has 1 aliphatic rings. The topological polar surface area (TPSA) is 109 Å². The molecule has 1 atom stereocenters. The molecule has 1 aliphatic heterocycles. The van der Waals surface area contributed by atoms with E-state index < -0.39 is 6.61 Å². The minimum Gasteiger partial charge on any atom is -0.493 e. The average Bonchev–Trinajstić information content (AvgIpc) is 3.41. The van der Waals surface area contributed by atoms with E-state index in [4.69, 9.17) is 4.74 Å². The Balaban J connectivity index is 1.54. The molecule has 11 heteroatoms. The third kappa shape index (κ3) is 5.68. The number of carbonyl (C=O) groups is 2. The maximum absolute atomic E-state index is 12.9. The van der Waals surface area contributed by atoms with Gasteiger partial charge in [-0.05, 0) is 42.3 Å². The first-order valence-electron chi connectivity index (χ1n) is 11.3. The van der Waals surface area contributed by atoms with Gasteiger partial charge in [0.2, 0.25) is 5.91 Å². The summed E-state index contributed by atoms with van der Waals surface area (Å²) in [4.78, 5) is 31.6. The maximum Gasteiger partial charge on any atom is 0.387 e. The highest BCUT2D eigenvalue weighted by Crippen LogP contribution is 2.33. The number of hydrogen-bond acceptors (Lipinski definition) is 6. The summed E-state index contributed by atoms with van der Waals surface area (Å²) in [5, 5.41) is 8.72. The van der Waals surface area contributed by atoms with E-state index in [-0.39, 0.29) is 47.9 Å². The summed E-state index contributed by atoms with van der Waals surface area (Å²) < 4.78 is 35.5. The molecule has 1 unspecified atom stereocenters. The molecule has 2 aromatic carbocycles. The van der Waals surface area contributed by atoms with Crippen LogP contribution in [0.5, 0.6) is 11.5 Å². The van der Waals surface area contributed by atoms with E-state index in [0.29, 0.717) is 23.4 Å². The van der Waals surface area contributed by atoms with Gasteiger partial charge in [-0.1, -0.05) is 19.1 Å². The standard InChI is InChI=1S/C25H25F2N5O4/c1-3-16-11-22(33)32(31-23(16)17-6-9-20(35-2)21(10-17)36-25(26)27)13-15-4-7-18(8-5-15)30-24(34)19-12-28-14-29-19/h4-10,12,14,16,25H,3,11,13H2,1-2H3,(H,28,29)(H,30,34). The van der Waals surface area contributed by atoms with Crippen molar-refractivity contribution in [2.24, 2.45) is 11.0 Å². The van der Waals surface area contributed by atoms with E-state index in [9.17, 15) is 18.4 Å². The van der Waals surface area contributed by atoms with Gasteiger partial charge in [-0.15, -0.1) is 0 Å². The number of anilines is 1. The number of hydrogen-bond donors (Lipinski definition) is 2. The number of nitrogens with zero attached hydrogens (tertiary/aromatic N) is 3. The van der Waals surface area contributed by atoms with Gasteiger partial charge in [-0.3, -0.25) is 9.59 Å². The number of carbonyl (C=O) groups excluding carboxylic acids is 2. The highest BCUT2D eigenvalue weighted by molar-refractivity contribution is 6.06. The average molecular weight is 498 g/mol. The van der Waals surface area contributed by atoms with E-state index in [1.165, 1.54) is 30.7 Å². The summed E-state index contributed by atoms with van der Waals surface area (Å²) in [5.41, 5.74) is 2.84. The molecule has 0 saturated heterocycles. The lowest BCUT2D eigenvalue weighted by Gasteiger charge is -2.29. The lowest BCUT2D eigenvalue weighted by Crippen LogP contribution is -2.36. The molecule has 1 aromatic heterocycles. The van der Waals surface area contributed by atoms with Gasteiger partial charge in [0, 0.05) is 29.8 Å². The van der Waals surface area contributed by atoms with Crippen molar-refractivity contribution in [3.63, 3.8) is 0 Å². The summed E-state index contributed by atoms with van der Waals surface area (Å²) in [5.74, 6) is -0.570. The fraction of sp³-hybridized carbons (Fsp3) is 0.280. The van der Waals surface area contributed by atoms with Gasteiger partial charge in [0.1, 0.15) is 5.69 Å². The quantitative estimate of drug-likeness (QED) is 0.455. The number of imidazole rings is 1. The van der Waals surface area contributed by atoms with Crippen LogP contribution >= 0.6 is 0 Å². The zero-order chi connectivity index (χ0) is 25.7. The Morgan fingerprint density at radius 1 is 1.22 bits per heavy atom.